The molecule has 0 fully saturated rings. The number of hydrogen-bond donors (Lipinski definition) is 0. The summed E-state index contributed by atoms with van der Waals surface area (Å²) in [5, 5.41) is 0.494. The van der Waals surface area contributed by atoms with Gasteiger partial charge in [-0.15, -0.1) is 0 Å². The molecule has 1 aromatic rings. The Hall–Kier alpha value is 0.340. The van der Waals surface area contributed by atoms with Gasteiger partial charge in [0.1, 0.15) is 0 Å². The van der Waals surface area contributed by atoms with Crippen LogP contribution in [0, 0.1) is 0 Å². The topological polar surface area (TPSA) is 51.2 Å². The van der Waals surface area contributed by atoms with E-state index >= 15 is 0 Å². The number of sulfone groups is 1. The molecule has 0 saturated heterocycles. The lowest BCUT2D eigenvalue weighted by atomic mass is 10.1. The summed E-state index contributed by atoms with van der Waals surface area (Å²) in [7, 11) is -3.53. The lowest BCUT2D eigenvalue weighted by molar-refractivity contribution is 0.101. The molecule has 0 aliphatic rings. The van der Waals surface area contributed by atoms with Crippen LogP contribution in [0.25, 0.3) is 0 Å². The number of Topliss-reactive ketones (excluding diaryl/α,β-unsaturated/α-hetero) is 1. The van der Waals surface area contributed by atoms with Gasteiger partial charge in [0.2, 0.25) is 7.45 Å². The van der Waals surface area contributed by atoms with Crippen LogP contribution in [0.15, 0.2) is 24.3 Å². The van der Waals surface area contributed by atoms with Crippen molar-refractivity contribution < 1.29 is 13.2 Å². The van der Waals surface area contributed by atoms with Crippen LogP contribution >= 0.6 is 50.1 Å². The predicted octanol–water partition coefficient (Wildman–Crippen LogP) is 3.44. The molecule has 0 amide bonds. The first-order chi connectivity index (χ1) is 7.72. The van der Waals surface area contributed by atoms with Gasteiger partial charge in [-0.2, -0.15) is 0 Å². The van der Waals surface area contributed by atoms with Gasteiger partial charge in [0.15, 0.2) is 9.84 Å². The number of hydrogen-bond acceptors (Lipinski definition) is 3. The van der Waals surface area contributed by atoms with Gasteiger partial charge in [0, 0.05) is 10.6 Å². The Morgan fingerprint density at radius 1 is 1.41 bits per heavy atom. The summed E-state index contributed by atoms with van der Waals surface area (Å²) in [6.45, 7) is 1.50. The van der Waals surface area contributed by atoms with Crippen LogP contribution in [0.5, 0.6) is 0 Å². The lowest BCUT2D eigenvalue weighted by Gasteiger charge is -2.18. The van der Waals surface area contributed by atoms with Gasteiger partial charge in [-0.3, -0.25) is 4.79 Å². The molecule has 0 unspecified atom stereocenters. The van der Waals surface area contributed by atoms with E-state index in [0.29, 0.717) is 10.6 Å². The number of ketones is 1. The molecule has 0 aliphatic carbocycles. The van der Waals surface area contributed by atoms with Crippen LogP contribution in [-0.4, -0.2) is 21.6 Å². The fourth-order valence-electron chi connectivity index (χ4n) is 1.09. The van der Waals surface area contributed by atoms with E-state index in [0.717, 1.165) is 0 Å². The van der Waals surface area contributed by atoms with Crippen molar-refractivity contribution in [3.05, 3.63) is 34.9 Å². The van der Waals surface area contributed by atoms with Gasteiger partial charge in [-0.05, 0) is 62.8 Å². The molecule has 0 spiro atoms. The van der Waals surface area contributed by atoms with E-state index in [9.17, 15) is 13.2 Å². The third-order valence-corrected chi connectivity index (χ3v) is 8.46. The first-order valence-electron chi connectivity index (χ1n) is 4.63. The van der Waals surface area contributed by atoms with Crippen molar-refractivity contribution in [2.75, 3.05) is 5.75 Å². The minimum Gasteiger partial charge on any atom is -0.290 e. The Kier molecular flexibility index (Phi) is 5.02. The Balaban J connectivity index is 3.18. The predicted molar refractivity (Wildman–Crippen MR) is 80.9 cm³/mol. The Morgan fingerprint density at radius 2 is 1.88 bits per heavy atom. The summed E-state index contributed by atoms with van der Waals surface area (Å²) < 4.78 is 22.0. The van der Waals surface area contributed by atoms with E-state index in [2.05, 4.69) is 15.9 Å². The lowest BCUT2D eigenvalue weighted by Crippen LogP contribution is -2.35. The van der Waals surface area contributed by atoms with Crippen LogP contribution in [-0.2, 0) is 9.84 Å². The number of carbonyl (C=O) groups excluding carboxylic acids is 1. The molecule has 0 saturated carbocycles. The smallest absolute Gasteiger partial charge is 0.239 e. The Morgan fingerprint density at radius 3 is 2.29 bits per heavy atom. The van der Waals surface area contributed by atoms with Gasteiger partial charge in [-0.25, -0.2) is 8.42 Å². The van der Waals surface area contributed by atoms with E-state index in [4.69, 9.17) is 11.6 Å². The first-order valence-corrected chi connectivity index (χ1v) is 8.53. The second-order valence-corrected chi connectivity index (χ2v) is 11.7. The van der Waals surface area contributed by atoms with E-state index in [1.807, 2.05) is 0 Å². The van der Waals surface area contributed by atoms with E-state index in [1.165, 1.54) is 19.1 Å². The second kappa shape index (κ2) is 5.54. The largest absolute Gasteiger partial charge is 0.290 e. The molecular weight excluding hydrogens is 442 g/mol. The molecule has 0 aliphatic heterocycles. The van der Waals surface area contributed by atoms with Gasteiger partial charge >= 0.3 is 0 Å². The van der Waals surface area contributed by atoms with Crippen molar-refractivity contribution in [3.8, 4) is 0 Å². The standard InChI is InChI=1S/C10H9BrClIO3S/c1-2-17(15,16)10(11,13)9(14)7-3-5-8(12)6-4-7/h3-6H,2H2,1H3/t10-/m0/s1. The van der Waals surface area contributed by atoms with Crippen molar-refractivity contribution in [3.63, 3.8) is 0 Å². The van der Waals surface area contributed by atoms with Crippen molar-refractivity contribution in [1.29, 1.82) is 0 Å². The van der Waals surface area contributed by atoms with Crippen LogP contribution in [0.1, 0.15) is 17.3 Å². The highest BCUT2D eigenvalue weighted by atomic mass is 127. The van der Waals surface area contributed by atoms with Gasteiger partial charge in [0.05, 0.1) is 5.75 Å². The molecule has 1 atom stereocenters. The summed E-state index contributed by atoms with van der Waals surface area (Å²) in [4.78, 5) is 12.1. The number of halogens is 3. The van der Waals surface area contributed by atoms with Crippen LogP contribution < -0.4 is 0 Å². The zero-order valence-corrected chi connectivity index (χ0v) is 14.1. The molecule has 3 nitrogen and oxygen atoms in total. The minimum atomic E-state index is -3.53. The monoisotopic (exact) mass is 450 g/mol. The summed E-state index contributed by atoms with van der Waals surface area (Å²) in [6.07, 6.45) is 0. The quantitative estimate of drug-likeness (QED) is 0.400. The molecule has 0 N–H and O–H groups in total. The third-order valence-electron chi connectivity index (χ3n) is 2.14. The fourth-order valence-corrected chi connectivity index (χ4v) is 4.14. The third kappa shape index (κ3) is 3.21. The van der Waals surface area contributed by atoms with Crippen molar-refractivity contribution in [2.24, 2.45) is 0 Å². The molecule has 7 heteroatoms. The highest BCUT2D eigenvalue weighted by Crippen LogP contribution is 2.37. The van der Waals surface area contributed by atoms with E-state index < -0.39 is 17.3 Å². The molecule has 1 aromatic carbocycles. The molecule has 94 valence electrons. The average molecular weight is 452 g/mol. The van der Waals surface area contributed by atoms with E-state index in [-0.39, 0.29) is 5.75 Å². The zero-order valence-electron chi connectivity index (χ0n) is 8.78. The van der Waals surface area contributed by atoms with Crippen LogP contribution in [0.4, 0.5) is 0 Å². The molecule has 0 radical (unpaired) electrons. The van der Waals surface area contributed by atoms with Crippen LogP contribution in [0.3, 0.4) is 0 Å². The maximum atomic E-state index is 12.1. The maximum Gasteiger partial charge on any atom is 0.239 e. The summed E-state index contributed by atoms with van der Waals surface area (Å²) in [6, 6.07) is 6.11. The van der Waals surface area contributed by atoms with Gasteiger partial charge < -0.3 is 0 Å². The van der Waals surface area contributed by atoms with Crippen molar-refractivity contribution in [1.82, 2.24) is 0 Å². The highest BCUT2D eigenvalue weighted by Gasteiger charge is 2.45. The maximum absolute atomic E-state index is 12.1. The molecular formula is C10H9BrClIO3S. The SMILES string of the molecule is CCS(=O)(=O)[C@@](Br)(I)C(=O)c1ccc(Cl)cc1. The number of rotatable bonds is 4. The van der Waals surface area contributed by atoms with Crippen LogP contribution in [0.2, 0.25) is 5.02 Å². The fraction of sp³-hybridized carbons (Fsp3) is 0.300. The number of carbonyl (C=O) groups is 1. The molecule has 0 heterocycles. The Labute approximate surface area is 127 Å². The highest BCUT2D eigenvalue weighted by molar-refractivity contribution is 14.1. The normalized spacial score (nSPS) is 15.3. The number of benzene rings is 1. The molecule has 17 heavy (non-hydrogen) atoms. The Bertz CT molecular complexity index is 525. The first kappa shape index (κ1) is 15.4. The van der Waals surface area contributed by atoms with Crippen molar-refractivity contribution in [2.45, 2.75) is 8.59 Å². The molecule has 0 aromatic heterocycles. The van der Waals surface area contributed by atoms with E-state index in [1.54, 1.807) is 34.7 Å². The van der Waals surface area contributed by atoms with Gasteiger partial charge in [-0.1, -0.05) is 18.5 Å². The molecule has 1 rings (SSSR count). The average Bonchev–Trinajstić information content (AvgIpc) is 2.28. The zero-order chi connectivity index (χ0) is 13.3. The number of alkyl halides is 2. The second-order valence-electron chi connectivity index (χ2n) is 3.26. The molecule has 0 bridgehead atoms. The summed E-state index contributed by atoms with van der Waals surface area (Å²) >= 11 is 10.3. The van der Waals surface area contributed by atoms with Crippen molar-refractivity contribution >= 4 is 65.7 Å². The summed E-state index contributed by atoms with van der Waals surface area (Å²) in [5.41, 5.74) is 0.303. The van der Waals surface area contributed by atoms with Gasteiger partial charge in [0.25, 0.3) is 0 Å². The summed E-state index contributed by atoms with van der Waals surface area (Å²) in [5.74, 6) is -0.614. The minimum absolute atomic E-state index is 0.111.